The fourth-order valence-electron chi connectivity index (χ4n) is 5.49. The maximum atomic E-state index is 15.5. The Labute approximate surface area is 267 Å². The van der Waals surface area contributed by atoms with E-state index < -0.39 is 17.4 Å². The van der Waals surface area contributed by atoms with Crippen LogP contribution in [0, 0.1) is 22.6 Å². The predicted molar refractivity (Wildman–Crippen MR) is 176 cm³/mol. The molecule has 3 aromatic rings. The lowest BCUT2D eigenvalue weighted by Crippen LogP contribution is -2.49. The number of piperidine rings is 1. The molecule has 2 aromatic carbocycles. The van der Waals surface area contributed by atoms with Gasteiger partial charge in [-0.15, -0.1) is 0 Å². The number of carbonyl (C=O) groups excluding carboxylic acids is 1. The number of nitrogens with zero attached hydrogens (tertiary/aromatic N) is 3. The third kappa shape index (κ3) is 8.44. The molecule has 0 saturated carbocycles. The number of aromatic nitrogens is 2. The van der Waals surface area contributed by atoms with Crippen LogP contribution >= 0.6 is 11.8 Å². The molecule has 2 saturated heterocycles. The fraction of sp³-hybridized carbons (Fsp3) is 0.424. The highest BCUT2D eigenvalue weighted by Gasteiger charge is 2.28. The smallest absolute Gasteiger partial charge is 0.347 e. The van der Waals surface area contributed by atoms with E-state index >= 15 is 4.39 Å². The fourth-order valence-corrected chi connectivity index (χ4v) is 6.20. The van der Waals surface area contributed by atoms with Gasteiger partial charge in [0.2, 0.25) is 0 Å². The van der Waals surface area contributed by atoms with Crippen LogP contribution in [0.4, 0.5) is 4.39 Å². The van der Waals surface area contributed by atoms with Crippen LogP contribution in [-0.4, -0.2) is 68.8 Å². The number of hydrogen-bond donors (Lipinski definition) is 3. The van der Waals surface area contributed by atoms with Crippen molar-refractivity contribution in [2.75, 3.05) is 26.3 Å². The van der Waals surface area contributed by atoms with Gasteiger partial charge in [0.25, 0.3) is 5.91 Å². The molecule has 2 fully saturated rings. The lowest BCUT2D eigenvalue weighted by atomic mass is 9.99. The molecule has 0 radical (unpaired) electrons. The van der Waals surface area contributed by atoms with Crippen LogP contribution in [0.3, 0.4) is 0 Å². The summed E-state index contributed by atoms with van der Waals surface area (Å²) in [5, 5.41) is 20.1. The zero-order valence-electron chi connectivity index (χ0n) is 25.6. The first-order valence-corrected chi connectivity index (χ1v) is 16.1. The predicted octanol–water partition coefficient (Wildman–Crippen LogP) is 5.53. The summed E-state index contributed by atoms with van der Waals surface area (Å²) < 4.78 is 28.5. The van der Waals surface area contributed by atoms with E-state index in [9.17, 15) is 9.59 Å². The third-order valence-electron chi connectivity index (χ3n) is 8.17. The monoisotopic (exact) mass is 636 g/mol. The summed E-state index contributed by atoms with van der Waals surface area (Å²) in [6.07, 6.45) is 6.55. The quantitative estimate of drug-likeness (QED) is 0.208. The highest BCUT2D eigenvalue weighted by Crippen LogP contribution is 2.30. The molecule has 2 aliphatic rings. The maximum Gasteiger partial charge on any atom is 0.347 e. The summed E-state index contributed by atoms with van der Waals surface area (Å²) in [5.41, 5.74) is 0.356. The van der Waals surface area contributed by atoms with Gasteiger partial charge in [0.1, 0.15) is 22.4 Å². The van der Waals surface area contributed by atoms with Gasteiger partial charge in [-0.05, 0) is 68.1 Å². The van der Waals surface area contributed by atoms with Gasteiger partial charge in [0, 0.05) is 69.3 Å². The van der Waals surface area contributed by atoms with E-state index in [1.165, 1.54) is 22.9 Å². The number of benzene rings is 2. The second-order valence-corrected chi connectivity index (χ2v) is 12.7. The van der Waals surface area contributed by atoms with Crippen molar-refractivity contribution in [1.29, 1.82) is 10.8 Å². The Bertz CT molecular complexity index is 1590. The van der Waals surface area contributed by atoms with Crippen LogP contribution in [0.25, 0.3) is 0 Å². The molecule has 0 atom stereocenters. The van der Waals surface area contributed by atoms with Gasteiger partial charge in [-0.2, -0.15) is 0 Å². The molecule has 5 rings (SSSR count). The lowest BCUT2D eigenvalue weighted by molar-refractivity contribution is 0.0238. The van der Waals surface area contributed by atoms with E-state index in [0.29, 0.717) is 28.0 Å². The minimum absolute atomic E-state index is 0. The number of hydrogen-bond acceptors (Lipinski definition) is 9. The number of thioether (sulfide) groups is 1. The molecule has 240 valence electrons. The van der Waals surface area contributed by atoms with Crippen LogP contribution in [0.1, 0.15) is 62.4 Å². The summed E-state index contributed by atoms with van der Waals surface area (Å²) in [6.45, 7) is 7.12. The van der Waals surface area contributed by atoms with Crippen molar-refractivity contribution in [1.82, 2.24) is 19.8 Å². The Morgan fingerprint density at radius 1 is 1.16 bits per heavy atom. The van der Waals surface area contributed by atoms with Crippen LogP contribution in [-0.2, 0) is 11.3 Å². The van der Waals surface area contributed by atoms with Crippen LogP contribution in [0.2, 0.25) is 0 Å². The van der Waals surface area contributed by atoms with E-state index in [1.807, 2.05) is 13.8 Å². The molecule has 0 unspecified atom stereocenters. The standard InChI is InChI=1S/C33H39FN6O4S.H2/c1-21(2)30(35)45-31(36)22-4-6-26(7-5-22)44-29-19-27(28(34)18-23(29)20-40-13-3-12-37-33(40)42)32(41)38-24-8-14-39(15-9-24)25-10-16-43-17-11-25;/h3-7,12-13,18-19,21,24-25,35-36H,8-11,14-17,20H2,1-2H3,(H,38,41);1H. The van der Waals surface area contributed by atoms with E-state index in [4.69, 9.17) is 20.3 Å². The lowest BCUT2D eigenvalue weighted by Gasteiger charge is -2.39. The normalized spacial score (nSPS) is 16.4. The average molecular weight is 637 g/mol. The van der Waals surface area contributed by atoms with Crippen LogP contribution in [0.15, 0.2) is 59.7 Å². The highest BCUT2D eigenvalue weighted by molar-refractivity contribution is 8.26. The molecular weight excluding hydrogens is 595 g/mol. The van der Waals surface area contributed by atoms with Gasteiger partial charge in [-0.25, -0.2) is 14.2 Å². The SMILES string of the molecule is CC(C)C(=N)SC(=N)c1ccc(Oc2cc(C(=O)NC3CCN(C4CCOCC4)CC3)c(F)cc2Cn2cccnc2=O)cc1.[HH]. The molecule has 3 N–H and O–H groups in total. The molecule has 0 bridgehead atoms. The second kappa shape index (κ2) is 14.9. The summed E-state index contributed by atoms with van der Waals surface area (Å²) in [5.74, 6) is -0.558. The Kier molecular flexibility index (Phi) is 10.8. The topological polar surface area (TPSA) is 133 Å². The average Bonchev–Trinajstić information content (AvgIpc) is 3.04. The Balaban J connectivity index is 0.00000480. The zero-order valence-corrected chi connectivity index (χ0v) is 26.4. The number of carbonyl (C=O) groups is 1. The number of amides is 1. The molecule has 45 heavy (non-hydrogen) atoms. The molecule has 1 aromatic heterocycles. The van der Waals surface area contributed by atoms with Gasteiger partial charge in [-0.3, -0.25) is 20.2 Å². The van der Waals surface area contributed by atoms with Crippen molar-refractivity contribution >= 4 is 27.8 Å². The summed E-state index contributed by atoms with van der Waals surface area (Å²) in [7, 11) is 0. The molecule has 1 amide bonds. The number of ether oxygens (including phenoxy) is 2. The van der Waals surface area contributed by atoms with Crippen molar-refractivity contribution in [3.63, 3.8) is 0 Å². The molecule has 3 heterocycles. The molecular formula is C33H41FN6O4S. The second-order valence-electron chi connectivity index (χ2n) is 11.7. The minimum atomic E-state index is -0.708. The summed E-state index contributed by atoms with van der Waals surface area (Å²) >= 11 is 1.10. The first-order valence-electron chi connectivity index (χ1n) is 15.3. The Morgan fingerprint density at radius 3 is 2.53 bits per heavy atom. The first-order chi connectivity index (χ1) is 21.7. The summed E-state index contributed by atoms with van der Waals surface area (Å²) in [6, 6.07) is 11.5. The van der Waals surface area contributed by atoms with E-state index in [0.717, 1.165) is 63.7 Å². The maximum absolute atomic E-state index is 15.5. The van der Waals surface area contributed by atoms with Crippen molar-refractivity contribution in [3.8, 4) is 11.5 Å². The Morgan fingerprint density at radius 2 is 1.87 bits per heavy atom. The van der Waals surface area contributed by atoms with Gasteiger partial charge in [0.05, 0.1) is 17.2 Å². The van der Waals surface area contributed by atoms with Crippen molar-refractivity contribution in [3.05, 3.63) is 87.9 Å². The molecule has 0 spiro atoms. The number of halogens is 1. The largest absolute Gasteiger partial charge is 0.457 e. The zero-order chi connectivity index (χ0) is 31.9. The van der Waals surface area contributed by atoms with E-state index in [-0.39, 0.29) is 36.3 Å². The molecule has 0 aliphatic carbocycles. The van der Waals surface area contributed by atoms with Gasteiger partial charge in [0.15, 0.2) is 0 Å². The van der Waals surface area contributed by atoms with Gasteiger partial charge < -0.3 is 19.7 Å². The van der Waals surface area contributed by atoms with Crippen LogP contribution < -0.4 is 15.7 Å². The van der Waals surface area contributed by atoms with Gasteiger partial charge >= 0.3 is 5.69 Å². The van der Waals surface area contributed by atoms with Crippen molar-refractivity contribution in [2.45, 2.75) is 58.2 Å². The number of nitrogens with one attached hydrogen (secondary N) is 3. The van der Waals surface area contributed by atoms with E-state index in [2.05, 4.69) is 15.2 Å². The first kappa shape index (κ1) is 32.5. The Hall–Kier alpha value is -3.87. The molecule has 10 nitrogen and oxygen atoms in total. The minimum Gasteiger partial charge on any atom is -0.457 e. The number of likely N-dealkylation sites (tertiary alicyclic amines) is 1. The van der Waals surface area contributed by atoms with Crippen molar-refractivity contribution in [2.24, 2.45) is 5.92 Å². The summed E-state index contributed by atoms with van der Waals surface area (Å²) in [4.78, 5) is 31.9. The third-order valence-corrected chi connectivity index (χ3v) is 9.30. The van der Waals surface area contributed by atoms with E-state index in [1.54, 1.807) is 36.5 Å². The molecule has 12 heteroatoms. The molecule has 2 aliphatic heterocycles. The van der Waals surface area contributed by atoms with Crippen molar-refractivity contribution < 1.29 is 20.1 Å². The highest BCUT2D eigenvalue weighted by atomic mass is 32.2. The van der Waals surface area contributed by atoms with Gasteiger partial charge in [-0.1, -0.05) is 25.6 Å². The number of rotatable bonds is 9. The van der Waals surface area contributed by atoms with Crippen LogP contribution in [0.5, 0.6) is 11.5 Å².